The van der Waals surface area contributed by atoms with Gasteiger partial charge in [-0.05, 0) is 33.8 Å². The predicted molar refractivity (Wildman–Crippen MR) is 70.9 cm³/mol. The van der Waals surface area contributed by atoms with Crippen LogP contribution in [-0.4, -0.2) is 27.1 Å². The predicted octanol–water partition coefficient (Wildman–Crippen LogP) is 2.15. The van der Waals surface area contributed by atoms with Crippen LogP contribution in [0, 0.1) is 21.7 Å². The molecule has 0 bridgehead atoms. The van der Waals surface area contributed by atoms with Crippen molar-refractivity contribution in [3.05, 3.63) is 39.4 Å². The van der Waals surface area contributed by atoms with Gasteiger partial charge in [0.1, 0.15) is 5.82 Å². The number of halogens is 2. The monoisotopic (exact) mass is 302 g/mol. The largest absolute Gasteiger partial charge is 0.388 e. The van der Waals surface area contributed by atoms with Gasteiger partial charge in [0, 0.05) is 0 Å². The van der Waals surface area contributed by atoms with Gasteiger partial charge >= 0.3 is 5.69 Å². The first kappa shape index (κ1) is 17.0. The van der Waals surface area contributed by atoms with Crippen molar-refractivity contribution < 1.29 is 23.6 Å². The van der Waals surface area contributed by atoms with E-state index in [0.29, 0.717) is 12.1 Å². The van der Waals surface area contributed by atoms with Crippen LogP contribution >= 0.6 is 0 Å². The Hall–Kier alpha value is -2.09. The van der Waals surface area contributed by atoms with E-state index in [1.54, 1.807) is 0 Å². The molecule has 1 aromatic rings. The van der Waals surface area contributed by atoms with Crippen molar-refractivity contribution >= 4 is 11.6 Å². The van der Waals surface area contributed by atoms with Gasteiger partial charge in [0.2, 0.25) is 5.82 Å². The van der Waals surface area contributed by atoms with Crippen LogP contribution in [0.4, 0.5) is 14.5 Å². The average molecular weight is 302 g/mol. The van der Waals surface area contributed by atoms with Crippen LogP contribution in [0.3, 0.4) is 0 Å². The summed E-state index contributed by atoms with van der Waals surface area (Å²) in [6, 6.07) is 0.964. The van der Waals surface area contributed by atoms with E-state index in [2.05, 4.69) is 5.32 Å². The third-order valence-corrected chi connectivity index (χ3v) is 3.42. The van der Waals surface area contributed by atoms with Crippen LogP contribution in [0.2, 0.25) is 0 Å². The van der Waals surface area contributed by atoms with Crippen molar-refractivity contribution in [2.75, 3.05) is 0 Å². The number of nitro groups is 1. The molecule has 1 aromatic carbocycles. The highest BCUT2D eigenvalue weighted by atomic mass is 19.1. The summed E-state index contributed by atoms with van der Waals surface area (Å²) in [6.45, 7) is 5.82. The molecule has 1 amide bonds. The molecule has 0 aliphatic heterocycles. The highest BCUT2D eigenvalue weighted by molar-refractivity contribution is 5.95. The lowest BCUT2D eigenvalue weighted by atomic mass is 9.85. The zero-order valence-corrected chi connectivity index (χ0v) is 12.0. The minimum Gasteiger partial charge on any atom is -0.388 e. The fraction of sp³-hybridized carbons (Fsp3) is 0.462. The average Bonchev–Trinajstić information content (AvgIpc) is 2.29. The van der Waals surface area contributed by atoms with E-state index in [-0.39, 0.29) is 0 Å². The number of nitro benzene ring substituents is 1. The second-order valence-corrected chi connectivity index (χ2v) is 5.68. The zero-order valence-electron chi connectivity index (χ0n) is 12.0. The molecule has 2 N–H and O–H groups in total. The van der Waals surface area contributed by atoms with E-state index < -0.39 is 44.9 Å². The maximum absolute atomic E-state index is 13.9. The van der Waals surface area contributed by atoms with Gasteiger partial charge in [-0.1, -0.05) is 0 Å². The fourth-order valence-corrected chi connectivity index (χ4v) is 1.38. The summed E-state index contributed by atoms with van der Waals surface area (Å²) in [5.74, 6) is -3.58. The van der Waals surface area contributed by atoms with Gasteiger partial charge in [-0.15, -0.1) is 0 Å². The summed E-state index contributed by atoms with van der Waals surface area (Å²) in [4.78, 5) is 21.5. The number of amides is 1. The Balaban J connectivity index is 3.24. The molecular weight excluding hydrogens is 286 g/mol. The topological polar surface area (TPSA) is 92.5 Å². The minimum atomic E-state index is -1.43. The second-order valence-electron chi connectivity index (χ2n) is 5.68. The quantitative estimate of drug-likeness (QED) is 0.658. The van der Waals surface area contributed by atoms with Crippen molar-refractivity contribution in [1.29, 1.82) is 0 Å². The molecule has 6 nitrogen and oxygen atoms in total. The number of hydrogen-bond acceptors (Lipinski definition) is 4. The van der Waals surface area contributed by atoms with E-state index in [9.17, 15) is 28.8 Å². The summed E-state index contributed by atoms with van der Waals surface area (Å²) >= 11 is 0. The Bertz CT molecular complexity index is 595. The summed E-state index contributed by atoms with van der Waals surface area (Å²) in [5, 5.41) is 22.9. The Morgan fingerprint density at radius 1 is 1.29 bits per heavy atom. The molecule has 0 fully saturated rings. The summed E-state index contributed by atoms with van der Waals surface area (Å²) in [7, 11) is 0. The molecule has 0 radical (unpaired) electrons. The van der Waals surface area contributed by atoms with Crippen molar-refractivity contribution in [2.45, 2.75) is 38.8 Å². The number of benzene rings is 1. The molecule has 0 unspecified atom stereocenters. The van der Waals surface area contributed by atoms with Crippen molar-refractivity contribution in [1.82, 2.24) is 5.32 Å². The third-order valence-electron chi connectivity index (χ3n) is 3.42. The van der Waals surface area contributed by atoms with E-state index in [0.717, 1.165) is 0 Å². The molecule has 0 aliphatic rings. The van der Waals surface area contributed by atoms with Crippen LogP contribution in [0.5, 0.6) is 0 Å². The number of carbonyl (C=O) groups excluding carboxylic acids is 1. The number of nitrogens with zero attached hydrogens (tertiary/aromatic N) is 1. The molecule has 8 heteroatoms. The first-order valence-electron chi connectivity index (χ1n) is 6.05. The van der Waals surface area contributed by atoms with E-state index in [4.69, 9.17) is 0 Å². The molecule has 0 aliphatic carbocycles. The third kappa shape index (κ3) is 3.52. The lowest BCUT2D eigenvalue weighted by Crippen LogP contribution is -2.57. The highest BCUT2D eigenvalue weighted by Crippen LogP contribution is 2.25. The van der Waals surface area contributed by atoms with Crippen molar-refractivity contribution in [3.8, 4) is 0 Å². The van der Waals surface area contributed by atoms with Gasteiger partial charge in [-0.3, -0.25) is 14.9 Å². The zero-order chi connectivity index (χ0) is 16.6. The Morgan fingerprint density at radius 3 is 2.24 bits per heavy atom. The fourth-order valence-electron chi connectivity index (χ4n) is 1.38. The standard InChI is InChI=1S/C13H16F2N2O4/c1-12(2,13(3,4)19)16-11(18)8-5-7(14)6-9(10(8)15)17(20)21/h5-6,19H,1-4H3,(H,16,18). The Kier molecular flexibility index (Phi) is 4.33. The van der Waals surface area contributed by atoms with Crippen LogP contribution in [0.15, 0.2) is 12.1 Å². The molecule has 0 saturated heterocycles. The lowest BCUT2D eigenvalue weighted by molar-refractivity contribution is -0.387. The maximum Gasteiger partial charge on any atom is 0.308 e. The molecule has 0 aromatic heterocycles. The Labute approximate surface area is 119 Å². The van der Waals surface area contributed by atoms with E-state index >= 15 is 0 Å². The van der Waals surface area contributed by atoms with E-state index in [1.807, 2.05) is 0 Å². The van der Waals surface area contributed by atoms with Crippen molar-refractivity contribution in [3.63, 3.8) is 0 Å². The molecular formula is C13H16F2N2O4. The van der Waals surface area contributed by atoms with Crippen LogP contribution < -0.4 is 5.32 Å². The molecule has 21 heavy (non-hydrogen) atoms. The summed E-state index contributed by atoms with van der Waals surface area (Å²) < 4.78 is 27.2. The highest BCUT2D eigenvalue weighted by Gasteiger charge is 2.37. The summed E-state index contributed by atoms with van der Waals surface area (Å²) in [5.41, 5.74) is -4.43. The first-order chi connectivity index (χ1) is 9.36. The number of rotatable bonds is 4. The van der Waals surface area contributed by atoms with Crippen LogP contribution in [0.1, 0.15) is 38.1 Å². The first-order valence-corrected chi connectivity index (χ1v) is 6.05. The molecule has 0 saturated carbocycles. The van der Waals surface area contributed by atoms with Gasteiger partial charge in [-0.2, -0.15) is 4.39 Å². The normalized spacial score (nSPS) is 12.1. The van der Waals surface area contributed by atoms with Gasteiger partial charge in [0.15, 0.2) is 0 Å². The van der Waals surface area contributed by atoms with Gasteiger partial charge in [0.05, 0.1) is 27.7 Å². The number of aliphatic hydroxyl groups is 1. The number of hydrogen-bond donors (Lipinski definition) is 2. The number of carbonyl (C=O) groups is 1. The molecule has 0 atom stereocenters. The minimum absolute atomic E-state index is 0.396. The summed E-state index contributed by atoms with van der Waals surface area (Å²) in [6.07, 6.45) is 0. The SMILES string of the molecule is CC(C)(O)C(C)(C)NC(=O)c1cc(F)cc([N+](=O)[O-])c1F. The molecule has 1 rings (SSSR count). The second kappa shape index (κ2) is 5.36. The Morgan fingerprint density at radius 2 is 1.81 bits per heavy atom. The van der Waals surface area contributed by atoms with Gasteiger partial charge < -0.3 is 10.4 Å². The smallest absolute Gasteiger partial charge is 0.308 e. The van der Waals surface area contributed by atoms with Gasteiger partial charge in [-0.25, -0.2) is 4.39 Å². The molecule has 0 spiro atoms. The lowest BCUT2D eigenvalue weighted by Gasteiger charge is -2.38. The van der Waals surface area contributed by atoms with Crippen LogP contribution in [0.25, 0.3) is 0 Å². The van der Waals surface area contributed by atoms with E-state index in [1.165, 1.54) is 27.7 Å². The maximum atomic E-state index is 13.9. The molecule has 0 heterocycles. The van der Waals surface area contributed by atoms with Gasteiger partial charge in [0.25, 0.3) is 5.91 Å². The van der Waals surface area contributed by atoms with Crippen LogP contribution in [-0.2, 0) is 0 Å². The van der Waals surface area contributed by atoms with Crippen molar-refractivity contribution in [2.24, 2.45) is 0 Å². The molecule has 116 valence electrons. The number of nitrogens with one attached hydrogen (secondary N) is 1.